The average Bonchev–Trinajstić information content (AvgIpc) is 2.57. The van der Waals surface area contributed by atoms with Gasteiger partial charge >= 0.3 is 0 Å². The van der Waals surface area contributed by atoms with Crippen molar-refractivity contribution in [1.82, 2.24) is 0 Å². The molecular formula is C12Cl10O2. The van der Waals surface area contributed by atoms with E-state index < -0.39 is 31.0 Å². The number of ether oxygens (including phenoxy) is 1. The van der Waals surface area contributed by atoms with Gasteiger partial charge in [-0.15, -0.1) is 0 Å². The Morgan fingerprint density at radius 3 is 1.33 bits per heavy atom. The average molecular weight is 531 g/mol. The molecule has 0 aromatic heterocycles. The van der Waals surface area contributed by atoms with Crippen molar-refractivity contribution in [1.29, 1.82) is 0 Å². The molecule has 130 valence electrons. The van der Waals surface area contributed by atoms with Crippen molar-refractivity contribution in [3.05, 3.63) is 45.2 Å². The van der Waals surface area contributed by atoms with Crippen LogP contribution in [-0.4, -0.2) is 10.8 Å². The van der Waals surface area contributed by atoms with Crippen molar-refractivity contribution < 1.29 is 9.53 Å². The van der Waals surface area contributed by atoms with E-state index in [4.69, 9.17) is 121 Å². The minimum atomic E-state index is -2.17. The van der Waals surface area contributed by atoms with Crippen LogP contribution in [0.5, 0.6) is 5.75 Å². The zero-order valence-corrected chi connectivity index (χ0v) is 18.2. The summed E-state index contributed by atoms with van der Waals surface area (Å²) in [5, 5.41) is -4.85. The molecule has 0 amide bonds. The van der Waals surface area contributed by atoms with Gasteiger partial charge in [0.2, 0.25) is 5.78 Å². The minimum absolute atomic E-state index is 0.0949. The van der Waals surface area contributed by atoms with Crippen LogP contribution < -0.4 is 4.74 Å². The third-order valence-electron chi connectivity index (χ3n) is 2.76. The molecule has 0 N–H and O–H groups in total. The van der Waals surface area contributed by atoms with E-state index in [0.29, 0.717) is 0 Å². The van der Waals surface area contributed by atoms with Crippen LogP contribution in [0.1, 0.15) is 0 Å². The third-order valence-corrected chi connectivity index (χ3v) is 7.48. The quantitative estimate of drug-likeness (QED) is 0.219. The normalized spacial score (nSPS) is 17.7. The van der Waals surface area contributed by atoms with Crippen LogP contribution >= 0.6 is 116 Å². The van der Waals surface area contributed by atoms with Gasteiger partial charge in [0.05, 0.1) is 15.1 Å². The summed E-state index contributed by atoms with van der Waals surface area (Å²) in [6, 6.07) is 0. The highest BCUT2D eigenvalue weighted by molar-refractivity contribution is 6.63. The molecule has 2 nitrogen and oxygen atoms in total. The number of hydrogen-bond acceptors (Lipinski definition) is 2. The summed E-state index contributed by atoms with van der Waals surface area (Å²) >= 11 is 59.8. The first kappa shape index (κ1) is 21.4. The van der Waals surface area contributed by atoms with Crippen molar-refractivity contribution in [2.45, 2.75) is 5.06 Å². The number of carbonyl (C=O) groups excluding carboxylic acids is 1. The van der Waals surface area contributed by atoms with Gasteiger partial charge in [0.1, 0.15) is 30.2 Å². The molecule has 0 aliphatic heterocycles. The Morgan fingerprint density at radius 1 is 0.625 bits per heavy atom. The highest BCUT2D eigenvalue weighted by Crippen LogP contribution is 2.54. The van der Waals surface area contributed by atoms with E-state index in [-0.39, 0.29) is 30.9 Å². The van der Waals surface area contributed by atoms with Gasteiger partial charge in [0.25, 0.3) is 5.06 Å². The SMILES string of the molecule is O=C1C(Cl)=C(Cl)C(Cl)(Oc2c(Cl)c(Cl)c(Cl)c(Cl)c2Cl)C(Cl)=C1Cl. The Labute approximate surface area is 186 Å². The molecule has 0 atom stereocenters. The molecule has 1 aliphatic carbocycles. The van der Waals surface area contributed by atoms with Crippen molar-refractivity contribution in [2.24, 2.45) is 0 Å². The summed E-state index contributed by atoms with van der Waals surface area (Å²) in [4.78, 5) is 11.8. The zero-order valence-electron chi connectivity index (χ0n) is 10.6. The van der Waals surface area contributed by atoms with Gasteiger partial charge in [0.15, 0.2) is 5.75 Å². The molecule has 2 rings (SSSR count). The zero-order chi connectivity index (χ0) is 18.6. The van der Waals surface area contributed by atoms with Crippen LogP contribution in [0.15, 0.2) is 20.1 Å². The lowest BCUT2D eigenvalue weighted by Crippen LogP contribution is -2.36. The van der Waals surface area contributed by atoms with Crippen molar-refractivity contribution in [3.63, 3.8) is 0 Å². The largest absolute Gasteiger partial charge is 0.458 e. The lowest BCUT2D eigenvalue weighted by atomic mass is 10.1. The Kier molecular flexibility index (Phi) is 6.76. The van der Waals surface area contributed by atoms with Crippen molar-refractivity contribution >= 4 is 122 Å². The molecule has 0 saturated heterocycles. The molecular weight excluding hydrogens is 531 g/mol. The Bertz CT molecular complexity index is 769. The second kappa shape index (κ2) is 7.59. The molecule has 0 saturated carbocycles. The number of carbonyl (C=O) groups is 1. The molecule has 1 aromatic carbocycles. The topological polar surface area (TPSA) is 26.3 Å². The molecule has 0 fully saturated rings. The first-order chi connectivity index (χ1) is 10.9. The fraction of sp³-hybridized carbons (Fsp3) is 0.0833. The summed E-state index contributed by atoms with van der Waals surface area (Å²) in [6.07, 6.45) is 0. The van der Waals surface area contributed by atoms with E-state index in [1.807, 2.05) is 0 Å². The molecule has 0 bridgehead atoms. The first-order valence-corrected chi connectivity index (χ1v) is 9.28. The number of ketones is 1. The van der Waals surface area contributed by atoms with E-state index in [9.17, 15) is 4.79 Å². The van der Waals surface area contributed by atoms with Gasteiger partial charge < -0.3 is 4.74 Å². The molecule has 12 heteroatoms. The molecule has 0 spiro atoms. The monoisotopic (exact) mass is 526 g/mol. The second-order valence-corrected chi connectivity index (χ2v) is 8.12. The molecule has 0 radical (unpaired) electrons. The highest BCUT2D eigenvalue weighted by atomic mass is 35.5. The van der Waals surface area contributed by atoms with Crippen molar-refractivity contribution in [2.75, 3.05) is 0 Å². The number of halogens is 10. The molecule has 0 heterocycles. The van der Waals surface area contributed by atoms with Crippen LogP contribution in [0.2, 0.25) is 25.1 Å². The fourth-order valence-corrected chi connectivity index (χ4v) is 4.13. The molecule has 1 aliphatic rings. The first-order valence-electron chi connectivity index (χ1n) is 5.50. The molecule has 1 aromatic rings. The summed E-state index contributed by atoms with van der Waals surface area (Å²) in [5.41, 5.74) is 0. The Morgan fingerprint density at radius 2 is 0.958 bits per heavy atom. The van der Waals surface area contributed by atoms with Crippen LogP contribution in [0, 0.1) is 0 Å². The van der Waals surface area contributed by atoms with Crippen LogP contribution in [0.4, 0.5) is 0 Å². The summed E-state index contributed by atoms with van der Waals surface area (Å²) in [5.74, 6) is -1.11. The van der Waals surface area contributed by atoms with E-state index in [1.54, 1.807) is 0 Å². The number of benzene rings is 1. The lowest BCUT2D eigenvalue weighted by molar-refractivity contribution is -0.111. The van der Waals surface area contributed by atoms with Gasteiger partial charge in [0, 0.05) is 0 Å². The predicted octanol–water partition coefficient (Wildman–Crippen LogP) is 8.23. The van der Waals surface area contributed by atoms with E-state index in [2.05, 4.69) is 0 Å². The maximum Gasteiger partial charge on any atom is 0.258 e. The summed E-state index contributed by atoms with van der Waals surface area (Å²) in [7, 11) is 0. The number of allylic oxidation sites excluding steroid dienone is 2. The van der Waals surface area contributed by atoms with Crippen LogP contribution in [0.25, 0.3) is 0 Å². The maximum absolute atomic E-state index is 11.8. The molecule has 0 unspecified atom stereocenters. The van der Waals surface area contributed by atoms with Gasteiger partial charge in [-0.2, -0.15) is 0 Å². The Hall–Kier alpha value is 1.07. The fourth-order valence-electron chi connectivity index (χ4n) is 1.58. The van der Waals surface area contributed by atoms with Gasteiger partial charge in [-0.25, -0.2) is 0 Å². The second-order valence-electron chi connectivity index (χ2n) is 4.18. The summed E-state index contributed by atoms with van der Waals surface area (Å²) < 4.78 is 5.51. The van der Waals surface area contributed by atoms with Gasteiger partial charge in [-0.1, -0.05) is 116 Å². The third kappa shape index (κ3) is 3.33. The standard InChI is InChI=1S/C12Cl10O2/c13-1-2(14)4(16)9(5(17)3(1)15)24-12(22)10(20)6(18)8(23)7(19)11(12)21. The van der Waals surface area contributed by atoms with Crippen LogP contribution in [-0.2, 0) is 4.79 Å². The smallest absolute Gasteiger partial charge is 0.258 e. The Balaban J connectivity index is 2.69. The van der Waals surface area contributed by atoms with E-state index in [0.717, 1.165) is 0 Å². The van der Waals surface area contributed by atoms with Gasteiger partial charge in [-0.05, 0) is 0 Å². The number of rotatable bonds is 2. The van der Waals surface area contributed by atoms with Crippen molar-refractivity contribution in [3.8, 4) is 5.75 Å². The number of Topliss-reactive ketones (excluding diaryl/α,β-unsaturated/α-hetero) is 1. The van der Waals surface area contributed by atoms with E-state index >= 15 is 0 Å². The lowest BCUT2D eigenvalue weighted by Gasteiger charge is -2.32. The van der Waals surface area contributed by atoms with E-state index in [1.165, 1.54) is 0 Å². The maximum atomic E-state index is 11.8. The van der Waals surface area contributed by atoms with Gasteiger partial charge in [-0.3, -0.25) is 4.79 Å². The van der Waals surface area contributed by atoms with Crippen LogP contribution in [0.3, 0.4) is 0 Å². The minimum Gasteiger partial charge on any atom is -0.458 e. The molecule has 24 heavy (non-hydrogen) atoms. The number of alkyl halides is 1. The summed E-state index contributed by atoms with van der Waals surface area (Å²) in [6.45, 7) is 0. The highest BCUT2D eigenvalue weighted by Gasteiger charge is 2.48. The predicted molar refractivity (Wildman–Crippen MR) is 103 cm³/mol. The number of hydrogen-bond donors (Lipinski definition) is 0.